The third-order valence-electron chi connectivity index (χ3n) is 2.77. The SMILES string of the molecule is Cc1cc(Br)cnc1N1CCC(C)(O)C1. The van der Waals surface area contributed by atoms with Gasteiger partial charge in [-0.25, -0.2) is 4.98 Å². The molecule has 1 aliphatic heterocycles. The molecular formula is C11H15BrN2O. The second kappa shape index (κ2) is 3.76. The minimum absolute atomic E-state index is 0.568. The van der Waals surface area contributed by atoms with Gasteiger partial charge in [0, 0.05) is 23.8 Å². The molecule has 0 bridgehead atoms. The molecule has 0 spiro atoms. The molecule has 2 rings (SSSR count). The summed E-state index contributed by atoms with van der Waals surface area (Å²) in [5.41, 5.74) is 0.573. The first-order valence-corrected chi connectivity index (χ1v) is 5.87. The minimum atomic E-state index is -0.568. The highest BCUT2D eigenvalue weighted by molar-refractivity contribution is 9.10. The number of hydrogen-bond donors (Lipinski definition) is 1. The first-order valence-electron chi connectivity index (χ1n) is 5.07. The van der Waals surface area contributed by atoms with E-state index in [9.17, 15) is 5.11 Å². The topological polar surface area (TPSA) is 36.4 Å². The summed E-state index contributed by atoms with van der Waals surface area (Å²) in [5, 5.41) is 9.89. The lowest BCUT2D eigenvalue weighted by Gasteiger charge is -2.21. The zero-order valence-corrected chi connectivity index (χ0v) is 10.6. The average molecular weight is 271 g/mol. The van der Waals surface area contributed by atoms with Gasteiger partial charge in [-0.05, 0) is 47.8 Å². The third kappa shape index (κ3) is 2.32. The maximum atomic E-state index is 9.89. The summed E-state index contributed by atoms with van der Waals surface area (Å²) in [4.78, 5) is 6.53. The summed E-state index contributed by atoms with van der Waals surface area (Å²) in [6.45, 7) is 5.46. The molecule has 1 aromatic heterocycles. The first kappa shape index (κ1) is 10.9. The van der Waals surface area contributed by atoms with Crippen molar-refractivity contribution in [1.29, 1.82) is 0 Å². The molecule has 1 saturated heterocycles. The van der Waals surface area contributed by atoms with Crippen molar-refractivity contribution >= 4 is 21.7 Å². The number of pyridine rings is 1. The monoisotopic (exact) mass is 270 g/mol. The number of aryl methyl sites for hydroxylation is 1. The van der Waals surface area contributed by atoms with Crippen LogP contribution in [0, 0.1) is 6.92 Å². The van der Waals surface area contributed by atoms with Crippen molar-refractivity contribution in [3.63, 3.8) is 0 Å². The minimum Gasteiger partial charge on any atom is -0.388 e. The number of hydrogen-bond acceptors (Lipinski definition) is 3. The number of anilines is 1. The maximum absolute atomic E-state index is 9.89. The van der Waals surface area contributed by atoms with Crippen LogP contribution in [-0.4, -0.2) is 28.8 Å². The van der Waals surface area contributed by atoms with Crippen LogP contribution in [0.2, 0.25) is 0 Å². The second-order valence-corrected chi connectivity index (χ2v) is 5.38. The van der Waals surface area contributed by atoms with Crippen molar-refractivity contribution in [3.8, 4) is 0 Å². The van der Waals surface area contributed by atoms with Gasteiger partial charge in [0.05, 0.1) is 5.60 Å². The molecule has 1 aliphatic rings. The van der Waals surface area contributed by atoms with Gasteiger partial charge in [-0.3, -0.25) is 0 Å². The lowest BCUT2D eigenvalue weighted by molar-refractivity contribution is 0.0839. The third-order valence-corrected chi connectivity index (χ3v) is 3.20. The van der Waals surface area contributed by atoms with Gasteiger partial charge in [0.15, 0.2) is 0 Å². The van der Waals surface area contributed by atoms with Crippen LogP contribution in [0.1, 0.15) is 18.9 Å². The molecule has 0 saturated carbocycles. The Bertz CT molecular complexity index is 379. The molecule has 1 fully saturated rings. The molecule has 0 amide bonds. The molecule has 1 aromatic rings. The fourth-order valence-corrected chi connectivity index (χ4v) is 2.44. The Morgan fingerprint density at radius 3 is 2.87 bits per heavy atom. The summed E-state index contributed by atoms with van der Waals surface area (Å²) in [6.07, 6.45) is 2.61. The Hall–Kier alpha value is -0.610. The van der Waals surface area contributed by atoms with Crippen LogP contribution >= 0.6 is 15.9 Å². The van der Waals surface area contributed by atoms with E-state index in [1.54, 1.807) is 6.20 Å². The lowest BCUT2D eigenvalue weighted by atomic mass is 10.1. The van der Waals surface area contributed by atoms with E-state index in [1.807, 2.05) is 13.8 Å². The fraction of sp³-hybridized carbons (Fsp3) is 0.545. The molecule has 82 valence electrons. The largest absolute Gasteiger partial charge is 0.388 e. The maximum Gasteiger partial charge on any atom is 0.131 e. The second-order valence-electron chi connectivity index (χ2n) is 4.46. The Kier molecular flexibility index (Phi) is 2.73. The molecule has 15 heavy (non-hydrogen) atoms. The van der Waals surface area contributed by atoms with E-state index in [2.05, 4.69) is 31.9 Å². The number of halogens is 1. The molecule has 1 unspecified atom stereocenters. The number of aliphatic hydroxyl groups is 1. The predicted molar refractivity (Wildman–Crippen MR) is 64.1 cm³/mol. The van der Waals surface area contributed by atoms with Gasteiger partial charge in [-0.15, -0.1) is 0 Å². The highest BCUT2D eigenvalue weighted by Crippen LogP contribution is 2.28. The van der Waals surface area contributed by atoms with Gasteiger partial charge < -0.3 is 10.0 Å². The van der Waals surface area contributed by atoms with Crippen LogP contribution in [0.3, 0.4) is 0 Å². The smallest absolute Gasteiger partial charge is 0.131 e. The summed E-state index contributed by atoms with van der Waals surface area (Å²) < 4.78 is 0.995. The number of rotatable bonds is 1. The highest BCUT2D eigenvalue weighted by Gasteiger charge is 2.32. The van der Waals surface area contributed by atoms with E-state index < -0.39 is 5.60 Å². The van der Waals surface area contributed by atoms with Crippen LogP contribution in [0.4, 0.5) is 5.82 Å². The van der Waals surface area contributed by atoms with Crippen molar-refractivity contribution in [2.45, 2.75) is 25.9 Å². The van der Waals surface area contributed by atoms with Gasteiger partial charge in [0.1, 0.15) is 5.82 Å². The fourth-order valence-electron chi connectivity index (χ4n) is 1.99. The zero-order chi connectivity index (χ0) is 11.1. The molecule has 0 aromatic carbocycles. The molecule has 2 heterocycles. The summed E-state index contributed by atoms with van der Waals surface area (Å²) in [7, 11) is 0. The number of β-amino-alcohol motifs (C(OH)–C–C–N with tert-alkyl or cyclic N) is 1. The van der Waals surface area contributed by atoms with E-state index in [4.69, 9.17) is 0 Å². The quantitative estimate of drug-likeness (QED) is 0.850. The van der Waals surface area contributed by atoms with E-state index in [-0.39, 0.29) is 0 Å². The van der Waals surface area contributed by atoms with E-state index in [0.29, 0.717) is 6.54 Å². The number of nitrogens with zero attached hydrogens (tertiary/aromatic N) is 2. The van der Waals surface area contributed by atoms with Crippen molar-refractivity contribution in [2.24, 2.45) is 0 Å². The van der Waals surface area contributed by atoms with E-state index in [0.717, 1.165) is 28.8 Å². The van der Waals surface area contributed by atoms with Gasteiger partial charge >= 0.3 is 0 Å². The standard InChI is InChI=1S/C11H15BrN2O/c1-8-5-9(12)6-13-10(8)14-4-3-11(2,15)7-14/h5-6,15H,3-4,7H2,1-2H3. The molecule has 1 N–H and O–H groups in total. The van der Waals surface area contributed by atoms with Crippen molar-refractivity contribution in [3.05, 3.63) is 22.3 Å². The van der Waals surface area contributed by atoms with Crippen LogP contribution in [0.15, 0.2) is 16.7 Å². The van der Waals surface area contributed by atoms with Crippen LogP contribution in [-0.2, 0) is 0 Å². The highest BCUT2D eigenvalue weighted by atomic mass is 79.9. The van der Waals surface area contributed by atoms with Crippen LogP contribution in [0.25, 0.3) is 0 Å². The first-order chi connectivity index (χ1) is 6.98. The van der Waals surface area contributed by atoms with Crippen molar-refractivity contribution in [2.75, 3.05) is 18.0 Å². The summed E-state index contributed by atoms with van der Waals surface area (Å²) in [5.74, 6) is 0.982. The van der Waals surface area contributed by atoms with Gasteiger partial charge in [-0.1, -0.05) is 0 Å². The molecule has 1 atom stereocenters. The van der Waals surface area contributed by atoms with Gasteiger partial charge in [0.2, 0.25) is 0 Å². The van der Waals surface area contributed by atoms with E-state index in [1.165, 1.54) is 0 Å². The molecule has 0 aliphatic carbocycles. The lowest BCUT2D eigenvalue weighted by Crippen LogP contribution is -2.30. The van der Waals surface area contributed by atoms with Gasteiger partial charge in [-0.2, -0.15) is 0 Å². The van der Waals surface area contributed by atoms with E-state index >= 15 is 0 Å². The van der Waals surface area contributed by atoms with Crippen molar-refractivity contribution < 1.29 is 5.11 Å². The van der Waals surface area contributed by atoms with Crippen LogP contribution < -0.4 is 4.90 Å². The Morgan fingerprint density at radius 2 is 2.33 bits per heavy atom. The Labute approximate surface area is 98.3 Å². The summed E-state index contributed by atoms with van der Waals surface area (Å²) >= 11 is 3.40. The molecule has 0 radical (unpaired) electrons. The Balaban J connectivity index is 2.24. The zero-order valence-electron chi connectivity index (χ0n) is 9.00. The normalized spacial score (nSPS) is 26.0. The molecule has 4 heteroatoms. The predicted octanol–water partition coefficient (Wildman–Crippen LogP) is 2.11. The molecule has 3 nitrogen and oxygen atoms in total. The number of aromatic nitrogens is 1. The summed E-state index contributed by atoms with van der Waals surface area (Å²) in [6, 6.07) is 2.05. The average Bonchev–Trinajstić information content (AvgIpc) is 2.46. The van der Waals surface area contributed by atoms with Crippen LogP contribution in [0.5, 0.6) is 0 Å². The Morgan fingerprint density at radius 1 is 1.60 bits per heavy atom. The van der Waals surface area contributed by atoms with Crippen molar-refractivity contribution in [1.82, 2.24) is 4.98 Å². The molecular weight excluding hydrogens is 256 g/mol. The van der Waals surface area contributed by atoms with Gasteiger partial charge in [0.25, 0.3) is 0 Å².